The van der Waals surface area contributed by atoms with Gasteiger partial charge in [0.15, 0.2) is 0 Å². The van der Waals surface area contributed by atoms with Crippen LogP contribution in [0.2, 0.25) is 0 Å². The Bertz CT molecular complexity index is 571. The Morgan fingerprint density at radius 3 is 2.55 bits per heavy atom. The second kappa shape index (κ2) is 8.05. The van der Waals surface area contributed by atoms with Crippen molar-refractivity contribution in [2.24, 2.45) is 0 Å². The molecule has 0 unspecified atom stereocenters. The summed E-state index contributed by atoms with van der Waals surface area (Å²) in [4.78, 5) is 11.9. The van der Waals surface area contributed by atoms with Gasteiger partial charge in [-0.05, 0) is 31.5 Å². The number of rotatable bonds is 7. The van der Waals surface area contributed by atoms with Crippen LogP contribution in [0.4, 0.5) is 0 Å². The Labute approximate surface area is 130 Å². The highest BCUT2D eigenvalue weighted by molar-refractivity contribution is 5.97. The first kappa shape index (κ1) is 17.5. The zero-order valence-electron chi connectivity index (χ0n) is 13.0. The lowest BCUT2D eigenvalue weighted by Crippen LogP contribution is -2.40. The normalized spacial score (nSPS) is 11.5. The Morgan fingerprint density at radius 1 is 1.41 bits per heavy atom. The minimum absolute atomic E-state index is 0.0463. The number of nitriles is 1. The number of carbonyl (C=O) groups is 1. The van der Waals surface area contributed by atoms with E-state index in [1.165, 1.54) is 6.20 Å². The summed E-state index contributed by atoms with van der Waals surface area (Å²) in [5.41, 5.74) is 0.253. The van der Waals surface area contributed by atoms with E-state index in [-0.39, 0.29) is 12.2 Å². The maximum Gasteiger partial charge on any atom is 0.263 e. The molecule has 0 aliphatic carbocycles. The van der Waals surface area contributed by atoms with Gasteiger partial charge in [-0.3, -0.25) is 4.79 Å². The van der Waals surface area contributed by atoms with E-state index >= 15 is 0 Å². The average molecular weight is 303 g/mol. The van der Waals surface area contributed by atoms with Crippen molar-refractivity contribution in [3.63, 3.8) is 0 Å². The predicted octanol–water partition coefficient (Wildman–Crippen LogP) is 1.08. The van der Waals surface area contributed by atoms with E-state index in [9.17, 15) is 4.79 Å². The first-order valence-corrected chi connectivity index (χ1v) is 6.82. The molecule has 0 saturated carbocycles. The Balaban J connectivity index is 2.61. The molecule has 0 spiro atoms. The van der Waals surface area contributed by atoms with Crippen molar-refractivity contribution in [3.8, 4) is 11.8 Å². The van der Waals surface area contributed by atoms with Gasteiger partial charge in [0.2, 0.25) is 0 Å². The summed E-state index contributed by atoms with van der Waals surface area (Å²) in [7, 11) is 1.58. The number of nitrogens with zero attached hydrogens (tertiary/aromatic N) is 1. The largest absolute Gasteiger partial charge is 0.497 e. The van der Waals surface area contributed by atoms with E-state index in [2.05, 4.69) is 10.6 Å². The molecule has 0 aromatic heterocycles. The molecule has 1 aromatic rings. The molecule has 6 heteroatoms. The van der Waals surface area contributed by atoms with Crippen molar-refractivity contribution in [3.05, 3.63) is 41.6 Å². The van der Waals surface area contributed by atoms with E-state index in [1.54, 1.807) is 33.1 Å². The van der Waals surface area contributed by atoms with Crippen LogP contribution in [0.15, 0.2) is 36.0 Å². The zero-order valence-corrected chi connectivity index (χ0v) is 13.0. The molecule has 0 saturated heterocycles. The lowest BCUT2D eigenvalue weighted by Gasteiger charge is -2.22. The highest BCUT2D eigenvalue weighted by Crippen LogP contribution is 2.11. The van der Waals surface area contributed by atoms with E-state index in [4.69, 9.17) is 15.1 Å². The molecule has 0 fully saturated rings. The number of aliphatic hydroxyl groups excluding tert-OH is 1. The number of hydrogen-bond acceptors (Lipinski definition) is 5. The van der Waals surface area contributed by atoms with Gasteiger partial charge in [0.1, 0.15) is 17.4 Å². The van der Waals surface area contributed by atoms with Crippen molar-refractivity contribution in [2.75, 3.05) is 13.7 Å². The SMILES string of the molecule is COc1ccc(CNC(=O)/C(C#N)=C\NC(C)(C)CO)cc1. The monoisotopic (exact) mass is 303 g/mol. The van der Waals surface area contributed by atoms with E-state index in [0.717, 1.165) is 11.3 Å². The Hall–Kier alpha value is -2.52. The third kappa shape index (κ3) is 5.46. The minimum atomic E-state index is -0.599. The van der Waals surface area contributed by atoms with Gasteiger partial charge in [-0.15, -0.1) is 0 Å². The third-order valence-corrected chi connectivity index (χ3v) is 2.98. The Morgan fingerprint density at radius 2 is 2.05 bits per heavy atom. The molecule has 0 bridgehead atoms. The topological polar surface area (TPSA) is 94.4 Å². The van der Waals surface area contributed by atoms with Crippen LogP contribution in [0, 0.1) is 11.3 Å². The molecule has 0 heterocycles. The first-order valence-electron chi connectivity index (χ1n) is 6.82. The van der Waals surface area contributed by atoms with Crippen molar-refractivity contribution in [2.45, 2.75) is 25.9 Å². The molecule has 0 atom stereocenters. The van der Waals surface area contributed by atoms with Gasteiger partial charge in [-0.25, -0.2) is 0 Å². The number of ether oxygens (including phenoxy) is 1. The molecule has 118 valence electrons. The molecule has 0 aliphatic heterocycles. The molecule has 0 radical (unpaired) electrons. The predicted molar refractivity (Wildman–Crippen MR) is 82.8 cm³/mol. The molecule has 1 rings (SSSR count). The van der Waals surface area contributed by atoms with E-state index < -0.39 is 11.4 Å². The van der Waals surface area contributed by atoms with Crippen LogP contribution >= 0.6 is 0 Å². The van der Waals surface area contributed by atoms with Crippen LogP contribution in [-0.2, 0) is 11.3 Å². The first-order chi connectivity index (χ1) is 10.4. The number of nitrogens with one attached hydrogen (secondary N) is 2. The molecular formula is C16H21N3O3. The summed E-state index contributed by atoms with van der Waals surface area (Å²) < 4.78 is 5.06. The number of hydrogen-bond donors (Lipinski definition) is 3. The third-order valence-electron chi connectivity index (χ3n) is 2.98. The van der Waals surface area contributed by atoms with Gasteiger partial charge in [0, 0.05) is 12.7 Å². The van der Waals surface area contributed by atoms with Gasteiger partial charge in [0.05, 0.1) is 19.3 Å². The molecule has 0 aliphatic rings. The van der Waals surface area contributed by atoms with Crippen molar-refractivity contribution < 1.29 is 14.6 Å². The van der Waals surface area contributed by atoms with Crippen LogP contribution in [0.5, 0.6) is 5.75 Å². The zero-order chi connectivity index (χ0) is 16.6. The van der Waals surface area contributed by atoms with Gasteiger partial charge in [0.25, 0.3) is 5.91 Å². The van der Waals surface area contributed by atoms with Crippen LogP contribution in [-0.4, -0.2) is 30.3 Å². The number of amides is 1. The second-order valence-electron chi connectivity index (χ2n) is 5.39. The lowest BCUT2D eigenvalue weighted by atomic mass is 10.1. The summed E-state index contributed by atoms with van der Waals surface area (Å²) in [6, 6.07) is 9.11. The maximum absolute atomic E-state index is 11.9. The fourth-order valence-corrected chi connectivity index (χ4v) is 1.48. The lowest BCUT2D eigenvalue weighted by molar-refractivity contribution is -0.117. The van der Waals surface area contributed by atoms with Gasteiger partial charge >= 0.3 is 0 Å². The van der Waals surface area contributed by atoms with E-state index in [1.807, 2.05) is 18.2 Å². The highest BCUT2D eigenvalue weighted by atomic mass is 16.5. The number of carbonyl (C=O) groups excluding carboxylic acids is 1. The Kier molecular flexibility index (Phi) is 6.42. The smallest absolute Gasteiger partial charge is 0.263 e. The molecule has 22 heavy (non-hydrogen) atoms. The second-order valence-corrected chi connectivity index (χ2v) is 5.39. The minimum Gasteiger partial charge on any atom is -0.497 e. The van der Waals surface area contributed by atoms with Gasteiger partial charge < -0.3 is 20.5 Å². The van der Waals surface area contributed by atoms with Crippen molar-refractivity contribution in [1.82, 2.24) is 10.6 Å². The van der Waals surface area contributed by atoms with E-state index in [0.29, 0.717) is 6.54 Å². The van der Waals surface area contributed by atoms with Crippen LogP contribution in [0.25, 0.3) is 0 Å². The van der Waals surface area contributed by atoms with Crippen molar-refractivity contribution in [1.29, 1.82) is 5.26 Å². The fourth-order valence-electron chi connectivity index (χ4n) is 1.48. The molecule has 1 amide bonds. The van der Waals surface area contributed by atoms with Gasteiger partial charge in [-0.2, -0.15) is 5.26 Å². The van der Waals surface area contributed by atoms with Gasteiger partial charge in [-0.1, -0.05) is 12.1 Å². The summed E-state index contributed by atoms with van der Waals surface area (Å²) in [6.07, 6.45) is 1.32. The highest BCUT2D eigenvalue weighted by Gasteiger charge is 2.15. The fraction of sp³-hybridized carbons (Fsp3) is 0.375. The number of aliphatic hydroxyl groups is 1. The van der Waals surface area contributed by atoms with Crippen LogP contribution in [0.1, 0.15) is 19.4 Å². The maximum atomic E-state index is 11.9. The standard InChI is InChI=1S/C16H21N3O3/c1-16(2,11-20)19-10-13(8-17)15(21)18-9-12-4-6-14(22-3)7-5-12/h4-7,10,19-20H,9,11H2,1-3H3,(H,18,21)/b13-10-. The number of methoxy groups -OCH3 is 1. The summed E-state index contributed by atoms with van der Waals surface area (Å²) in [5.74, 6) is 0.266. The molecular weight excluding hydrogens is 282 g/mol. The van der Waals surface area contributed by atoms with Crippen LogP contribution in [0.3, 0.4) is 0 Å². The summed E-state index contributed by atoms with van der Waals surface area (Å²) >= 11 is 0. The number of benzene rings is 1. The molecule has 3 N–H and O–H groups in total. The average Bonchev–Trinajstić information content (AvgIpc) is 2.53. The molecule has 6 nitrogen and oxygen atoms in total. The quantitative estimate of drug-likeness (QED) is 0.517. The summed E-state index contributed by atoms with van der Waals surface area (Å²) in [6.45, 7) is 3.71. The van der Waals surface area contributed by atoms with Crippen molar-refractivity contribution >= 4 is 5.91 Å². The molecule has 1 aromatic carbocycles. The van der Waals surface area contributed by atoms with Crippen LogP contribution < -0.4 is 15.4 Å². The summed E-state index contributed by atoms with van der Waals surface area (Å²) in [5, 5.41) is 23.7.